The molecule has 31 heavy (non-hydrogen) atoms. The van der Waals surface area contributed by atoms with Crippen molar-refractivity contribution in [3.05, 3.63) is 34.1 Å². The van der Waals surface area contributed by atoms with Crippen LogP contribution < -0.4 is 5.32 Å². The molecule has 0 saturated heterocycles. The monoisotopic (exact) mass is 500 g/mol. The summed E-state index contributed by atoms with van der Waals surface area (Å²) in [7, 11) is 0. The fraction of sp³-hybridized carbons (Fsp3) is 0.652. The average Bonchev–Trinajstić information content (AvgIpc) is 2.58. The van der Waals surface area contributed by atoms with Gasteiger partial charge in [-0.25, -0.2) is 14.0 Å². The number of rotatable bonds is 4. The molecule has 0 bridgehead atoms. The van der Waals surface area contributed by atoms with Gasteiger partial charge in [-0.05, 0) is 79.4 Å². The minimum Gasteiger partial charge on any atom is -0.444 e. The SMILES string of the molecule is CC(C)(C)OC(=O)NC1CCC(N(Cc2ccc(Br)cc2F)C(=O)OC(C)(C)C)CC1. The van der Waals surface area contributed by atoms with Crippen molar-refractivity contribution < 1.29 is 23.5 Å². The average molecular weight is 501 g/mol. The number of alkyl carbamates (subject to hydrolysis) is 1. The molecule has 174 valence electrons. The topological polar surface area (TPSA) is 67.9 Å². The third-order valence-electron chi connectivity index (χ3n) is 4.84. The highest BCUT2D eigenvalue weighted by atomic mass is 79.9. The molecule has 0 aliphatic heterocycles. The number of carbonyl (C=O) groups excluding carboxylic acids is 2. The Labute approximate surface area is 193 Å². The number of halogens is 2. The van der Waals surface area contributed by atoms with Crippen molar-refractivity contribution in [3.8, 4) is 0 Å². The van der Waals surface area contributed by atoms with Gasteiger partial charge in [-0.3, -0.25) is 0 Å². The van der Waals surface area contributed by atoms with Gasteiger partial charge in [0.2, 0.25) is 0 Å². The first-order valence-electron chi connectivity index (χ1n) is 10.7. The van der Waals surface area contributed by atoms with Crippen LogP contribution in [0, 0.1) is 5.82 Å². The molecule has 0 aromatic heterocycles. The molecule has 2 rings (SSSR count). The first-order chi connectivity index (χ1) is 14.2. The molecule has 1 aliphatic carbocycles. The second-order valence-corrected chi connectivity index (χ2v) is 10.9. The molecule has 0 unspecified atom stereocenters. The second kappa shape index (κ2) is 10.2. The van der Waals surface area contributed by atoms with Gasteiger partial charge in [-0.2, -0.15) is 0 Å². The summed E-state index contributed by atoms with van der Waals surface area (Å²) >= 11 is 3.26. The van der Waals surface area contributed by atoms with Crippen LogP contribution in [-0.2, 0) is 16.0 Å². The number of hydrogen-bond donors (Lipinski definition) is 1. The van der Waals surface area contributed by atoms with Crippen LogP contribution in [0.4, 0.5) is 14.0 Å². The molecule has 0 atom stereocenters. The summed E-state index contributed by atoms with van der Waals surface area (Å²) < 4.78 is 26.0. The molecule has 0 radical (unpaired) electrons. The van der Waals surface area contributed by atoms with Crippen LogP contribution >= 0.6 is 15.9 Å². The summed E-state index contributed by atoms with van der Waals surface area (Å²) in [6, 6.07) is 4.70. The fourth-order valence-electron chi connectivity index (χ4n) is 3.50. The van der Waals surface area contributed by atoms with E-state index in [2.05, 4.69) is 21.2 Å². The zero-order chi connectivity index (χ0) is 23.4. The van der Waals surface area contributed by atoms with Crippen molar-refractivity contribution in [1.29, 1.82) is 0 Å². The van der Waals surface area contributed by atoms with Crippen LogP contribution in [0.3, 0.4) is 0 Å². The zero-order valence-electron chi connectivity index (χ0n) is 19.3. The molecule has 1 N–H and O–H groups in total. The molecule has 1 aromatic carbocycles. The summed E-state index contributed by atoms with van der Waals surface area (Å²) in [6.07, 6.45) is 1.86. The van der Waals surface area contributed by atoms with E-state index in [4.69, 9.17) is 9.47 Å². The molecule has 6 nitrogen and oxygen atoms in total. The minimum atomic E-state index is -0.650. The fourth-order valence-corrected chi connectivity index (χ4v) is 3.84. The Hall–Kier alpha value is -1.83. The van der Waals surface area contributed by atoms with Gasteiger partial charge >= 0.3 is 12.2 Å². The molecular weight excluding hydrogens is 467 g/mol. The lowest BCUT2D eigenvalue weighted by atomic mass is 9.90. The van der Waals surface area contributed by atoms with Gasteiger partial charge in [0.1, 0.15) is 17.0 Å². The van der Waals surface area contributed by atoms with Gasteiger partial charge in [-0.1, -0.05) is 22.0 Å². The molecule has 1 aromatic rings. The lowest BCUT2D eigenvalue weighted by molar-refractivity contribution is 0.00772. The molecular formula is C23H34BrFN2O4. The second-order valence-electron chi connectivity index (χ2n) is 10.00. The van der Waals surface area contributed by atoms with Crippen molar-refractivity contribution in [2.75, 3.05) is 0 Å². The van der Waals surface area contributed by atoms with Crippen LogP contribution in [-0.4, -0.2) is 40.4 Å². The van der Waals surface area contributed by atoms with E-state index in [9.17, 15) is 14.0 Å². The molecule has 1 saturated carbocycles. The predicted molar refractivity (Wildman–Crippen MR) is 121 cm³/mol. The quantitative estimate of drug-likeness (QED) is 0.537. The van der Waals surface area contributed by atoms with Crippen molar-refractivity contribution in [1.82, 2.24) is 10.2 Å². The summed E-state index contributed by atoms with van der Waals surface area (Å²) in [5.41, 5.74) is -0.768. The maximum atomic E-state index is 14.4. The van der Waals surface area contributed by atoms with E-state index in [1.54, 1.807) is 17.0 Å². The molecule has 0 heterocycles. The zero-order valence-corrected chi connectivity index (χ0v) is 20.8. The van der Waals surface area contributed by atoms with E-state index >= 15 is 0 Å². The normalized spacial score (nSPS) is 19.5. The Balaban J connectivity index is 2.07. The van der Waals surface area contributed by atoms with Crippen LogP contribution in [0.15, 0.2) is 22.7 Å². The highest BCUT2D eigenvalue weighted by molar-refractivity contribution is 9.10. The highest BCUT2D eigenvalue weighted by Crippen LogP contribution is 2.28. The largest absolute Gasteiger partial charge is 0.444 e. The smallest absolute Gasteiger partial charge is 0.410 e. The Bertz CT molecular complexity index is 781. The van der Waals surface area contributed by atoms with Crippen LogP contribution in [0.2, 0.25) is 0 Å². The van der Waals surface area contributed by atoms with Gasteiger partial charge in [0.25, 0.3) is 0 Å². The molecule has 1 fully saturated rings. The van der Waals surface area contributed by atoms with E-state index in [1.165, 1.54) is 6.07 Å². The number of nitrogens with one attached hydrogen (secondary N) is 1. The minimum absolute atomic E-state index is 0.0176. The number of carbonyl (C=O) groups is 2. The summed E-state index contributed by atoms with van der Waals surface area (Å²) in [6.45, 7) is 11.0. The number of ether oxygens (including phenoxy) is 2. The lowest BCUT2D eigenvalue weighted by Gasteiger charge is -2.38. The van der Waals surface area contributed by atoms with Crippen LogP contribution in [0.5, 0.6) is 0 Å². The third kappa shape index (κ3) is 8.67. The van der Waals surface area contributed by atoms with E-state index in [0.29, 0.717) is 35.7 Å². The lowest BCUT2D eigenvalue weighted by Crippen LogP contribution is -2.48. The first-order valence-corrected chi connectivity index (χ1v) is 11.5. The summed E-state index contributed by atoms with van der Waals surface area (Å²) in [5, 5.41) is 2.91. The van der Waals surface area contributed by atoms with E-state index in [1.807, 2.05) is 41.5 Å². The van der Waals surface area contributed by atoms with Crippen LogP contribution in [0.25, 0.3) is 0 Å². The first kappa shape index (κ1) is 25.4. The van der Waals surface area contributed by atoms with Gasteiger partial charge in [0.05, 0.1) is 6.54 Å². The summed E-state index contributed by atoms with van der Waals surface area (Å²) in [4.78, 5) is 26.6. The molecule has 1 aliphatic rings. The van der Waals surface area contributed by atoms with Crippen molar-refractivity contribution in [2.45, 2.75) is 97.1 Å². The maximum Gasteiger partial charge on any atom is 0.410 e. The van der Waals surface area contributed by atoms with E-state index in [0.717, 1.165) is 0 Å². The number of nitrogens with zero attached hydrogens (tertiary/aromatic N) is 1. The third-order valence-corrected chi connectivity index (χ3v) is 5.34. The van der Waals surface area contributed by atoms with Gasteiger partial charge in [0.15, 0.2) is 0 Å². The molecule has 8 heteroatoms. The Kier molecular flexibility index (Phi) is 8.36. The number of benzene rings is 1. The van der Waals surface area contributed by atoms with Crippen molar-refractivity contribution in [3.63, 3.8) is 0 Å². The van der Waals surface area contributed by atoms with Crippen molar-refractivity contribution >= 4 is 28.1 Å². The van der Waals surface area contributed by atoms with E-state index < -0.39 is 23.4 Å². The molecule has 2 amide bonds. The van der Waals surface area contributed by atoms with E-state index in [-0.39, 0.29) is 24.4 Å². The Morgan fingerprint density at radius 3 is 2.16 bits per heavy atom. The highest BCUT2D eigenvalue weighted by Gasteiger charge is 2.33. The standard InChI is InChI=1S/C23H34BrFN2O4/c1-22(2,3)30-20(28)26-17-9-11-18(12-10-17)27(21(29)31-23(4,5)6)14-15-7-8-16(24)13-19(15)25/h7-8,13,17-18H,9-12,14H2,1-6H3,(H,26,28). The van der Waals surface area contributed by atoms with Gasteiger partial charge in [-0.15, -0.1) is 0 Å². The predicted octanol–water partition coefficient (Wildman–Crippen LogP) is 6.16. The maximum absolute atomic E-state index is 14.4. The Morgan fingerprint density at radius 2 is 1.65 bits per heavy atom. The Morgan fingerprint density at radius 1 is 1.06 bits per heavy atom. The number of hydrogen-bond acceptors (Lipinski definition) is 4. The summed E-state index contributed by atoms with van der Waals surface area (Å²) in [5.74, 6) is -0.372. The van der Waals surface area contributed by atoms with Gasteiger partial charge in [0, 0.05) is 22.1 Å². The van der Waals surface area contributed by atoms with Gasteiger partial charge < -0.3 is 19.7 Å². The molecule has 0 spiro atoms. The van der Waals surface area contributed by atoms with Crippen LogP contribution in [0.1, 0.15) is 72.8 Å². The van der Waals surface area contributed by atoms with Crippen molar-refractivity contribution in [2.24, 2.45) is 0 Å². The number of amides is 2.